The van der Waals surface area contributed by atoms with Crippen molar-refractivity contribution in [2.45, 2.75) is 75.6 Å². The van der Waals surface area contributed by atoms with Gasteiger partial charge in [-0.15, -0.1) is 0 Å². The fourth-order valence-corrected chi connectivity index (χ4v) is 6.10. The van der Waals surface area contributed by atoms with Crippen LogP contribution in [0.2, 0.25) is 0 Å². The number of sulfonamides is 1. The Balaban J connectivity index is 1.59. The molecule has 0 bridgehead atoms. The lowest BCUT2D eigenvalue weighted by Gasteiger charge is -2.30. The van der Waals surface area contributed by atoms with Crippen LogP contribution in [0.25, 0.3) is 0 Å². The van der Waals surface area contributed by atoms with Crippen LogP contribution in [0.4, 0.5) is 5.69 Å². The number of rotatable bonds is 11. The number of carbonyl (C=O) groups is 1. The van der Waals surface area contributed by atoms with Crippen molar-refractivity contribution in [2.75, 3.05) is 19.0 Å². The summed E-state index contributed by atoms with van der Waals surface area (Å²) in [6.45, 7) is 2.82. The predicted molar refractivity (Wildman–Crippen MR) is 140 cm³/mol. The Morgan fingerprint density at radius 1 is 1.06 bits per heavy atom. The van der Waals surface area contributed by atoms with Crippen molar-refractivity contribution < 1.29 is 17.9 Å². The Hall–Kier alpha value is -1.90. The van der Waals surface area contributed by atoms with Gasteiger partial charge in [0, 0.05) is 24.3 Å². The van der Waals surface area contributed by atoms with E-state index in [1.807, 2.05) is 0 Å². The SMILES string of the molecule is CCCCCCOc1ccc(C(=O)Nc2ccc(S(=O)(=O)N(C)C3CCCCC3)cc2)cc1Br. The number of benzene rings is 2. The molecule has 1 aliphatic carbocycles. The van der Waals surface area contributed by atoms with Gasteiger partial charge in [-0.2, -0.15) is 4.31 Å². The highest BCUT2D eigenvalue weighted by Gasteiger charge is 2.29. The first-order valence-electron chi connectivity index (χ1n) is 12.1. The molecular weight excluding hydrogens is 516 g/mol. The molecule has 6 nitrogen and oxygen atoms in total. The minimum atomic E-state index is -3.56. The third-order valence-corrected chi connectivity index (χ3v) is 8.87. The number of hydrogen-bond acceptors (Lipinski definition) is 4. The molecule has 0 aliphatic heterocycles. The third-order valence-electron chi connectivity index (χ3n) is 6.33. The summed E-state index contributed by atoms with van der Waals surface area (Å²) in [5.74, 6) is 0.440. The fourth-order valence-electron chi connectivity index (χ4n) is 4.19. The van der Waals surface area contributed by atoms with E-state index in [0.717, 1.165) is 43.0 Å². The van der Waals surface area contributed by atoms with Gasteiger partial charge in [-0.05, 0) is 77.7 Å². The van der Waals surface area contributed by atoms with Crippen molar-refractivity contribution in [3.05, 3.63) is 52.5 Å². The van der Waals surface area contributed by atoms with E-state index in [1.54, 1.807) is 49.5 Å². The van der Waals surface area contributed by atoms with Crippen molar-refractivity contribution in [3.8, 4) is 5.75 Å². The van der Waals surface area contributed by atoms with E-state index < -0.39 is 10.0 Å². The maximum atomic E-state index is 13.0. The summed E-state index contributed by atoms with van der Waals surface area (Å²) in [7, 11) is -1.89. The third kappa shape index (κ3) is 7.06. The first-order chi connectivity index (χ1) is 16.3. The number of unbranched alkanes of at least 4 members (excludes halogenated alkanes) is 3. The minimum Gasteiger partial charge on any atom is -0.492 e. The first-order valence-corrected chi connectivity index (χ1v) is 14.4. The molecule has 1 fully saturated rings. The van der Waals surface area contributed by atoms with E-state index >= 15 is 0 Å². The number of halogens is 1. The van der Waals surface area contributed by atoms with Gasteiger partial charge in [0.1, 0.15) is 5.75 Å². The summed E-state index contributed by atoms with van der Waals surface area (Å²) in [5.41, 5.74) is 1.02. The van der Waals surface area contributed by atoms with Crippen molar-refractivity contribution in [1.29, 1.82) is 0 Å². The van der Waals surface area contributed by atoms with Crippen molar-refractivity contribution >= 4 is 37.5 Å². The number of carbonyl (C=O) groups excluding carboxylic acids is 1. The van der Waals surface area contributed by atoms with Gasteiger partial charge in [-0.1, -0.05) is 45.4 Å². The zero-order valence-electron chi connectivity index (χ0n) is 20.1. The number of nitrogens with zero attached hydrogens (tertiary/aromatic N) is 1. The van der Waals surface area contributed by atoms with Gasteiger partial charge in [-0.25, -0.2) is 8.42 Å². The van der Waals surface area contributed by atoms with Crippen molar-refractivity contribution in [1.82, 2.24) is 4.31 Å². The molecule has 0 radical (unpaired) electrons. The van der Waals surface area contributed by atoms with Crippen LogP contribution in [0.15, 0.2) is 51.8 Å². The average molecular weight is 552 g/mol. The van der Waals surface area contributed by atoms with Crippen LogP contribution in [0.1, 0.15) is 75.1 Å². The highest BCUT2D eigenvalue weighted by Crippen LogP contribution is 2.28. The fraction of sp³-hybridized carbons (Fsp3) is 0.500. The van der Waals surface area contributed by atoms with Crippen LogP contribution in [0.5, 0.6) is 5.75 Å². The molecule has 1 N–H and O–H groups in total. The molecule has 2 aromatic carbocycles. The number of hydrogen-bond donors (Lipinski definition) is 1. The minimum absolute atomic E-state index is 0.0554. The molecule has 0 aromatic heterocycles. The van der Waals surface area contributed by atoms with E-state index in [9.17, 15) is 13.2 Å². The van der Waals surface area contributed by atoms with Gasteiger partial charge in [-0.3, -0.25) is 4.79 Å². The van der Waals surface area contributed by atoms with Gasteiger partial charge < -0.3 is 10.1 Å². The van der Waals surface area contributed by atoms with Crippen LogP contribution in [-0.2, 0) is 10.0 Å². The molecule has 0 spiro atoms. The Morgan fingerprint density at radius 3 is 2.41 bits per heavy atom. The molecule has 1 amide bonds. The van der Waals surface area contributed by atoms with E-state index in [2.05, 4.69) is 28.2 Å². The topological polar surface area (TPSA) is 75.7 Å². The standard InChI is InChI=1S/C26H35BrN2O4S/c1-3-4-5-9-18-33-25-17-12-20(19-24(25)27)26(30)28-21-13-15-23(16-14-21)34(31,32)29(2)22-10-7-6-8-11-22/h12-17,19,22H,3-11,18H2,1-2H3,(H,28,30). The quantitative estimate of drug-likeness (QED) is 0.319. The molecular formula is C26H35BrN2O4S. The lowest BCUT2D eigenvalue weighted by Crippen LogP contribution is -2.38. The molecule has 0 saturated heterocycles. The molecule has 3 rings (SSSR count). The summed E-state index contributed by atoms with van der Waals surface area (Å²) < 4.78 is 34.0. The molecule has 2 aromatic rings. The van der Waals surface area contributed by atoms with E-state index in [1.165, 1.54) is 23.6 Å². The largest absolute Gasteiger partial charge is 0.492 e. The van der Waals surface area contributed by atoms with Crippen molar-refractivity contribution in [2.24, 2.45) is 0 Å². The monoisotopic (exact) mass is 550 g/mol. The molecule has 0 unspecified atom stereocenters. The second kappa shape index (κ2) is 12.7. The summed E-state index contributed by atoms with van der Waals surface area (Å²) in [4.78, 5) is 12.9. The normalized spacial score (nSPS) is 14.8. The van der Waals surface area contributed by atoms with Gasteiger partial charge in [0.2, 0.25) is 10.0 Å². The Kier molecular flexibility index (Phi) is 9.97. The van der Waals surface area contributed by atoms with Gasteiger partial charge in [0.25, 0.3) is 5.91 Å². The average Bonchev–Trinajstić information content (AvgIpc) is 2.85. The van der Waals surface area contributed by atoms with E-state index in [0.29, 0.717) is 23.6 Å². The smallest absolute Gasteiger partial charge is 0.255 e. The maximum Gasteiger partial charge on any atom is 0.255 e. The molecule has 0 atom stereocenters. The summed E-state index contributed by atoms with van der Waals surface area (Å²) in [6, 6.07) is 11.7. The Labute approximate surface area is 212 Å². The predicted octanol–water partition coefficient (Wildman–Crippen LogP) is 6.61. The van der Waals surface area contributed by atoms with Gasteiger partial charge in [0.05, 0.1) is 16.0 Å². The van der Waals surface area contributed by atoms with Crippen LogP contribution in [0, 0.1) is 0 Å². The van der Waals surface area contributed by atoms with Crippen LogP contribution < -0.4 is 10.1 Å². The first kappa shape index (κ1) is 26.7. The second-order valence-corrected chi connectivity index (χ2v) is 11.7. The van der Waals surface area contributed by atoms with Gasteiger partial charge >= 0.3 is 0 Å². The molecule has 0 heterocycles. The molecule has 1 saturated carbocycles. The highest BCUT2D eigenvalue weighted by atomic mass is 79.9. The second-order valence-electron chi connectivity index (χ2n) is 8.85. The van der Waals surface area contributed by atoms with Crippen LogP contribution in [0.3, 0.4) is 0 Å². The van der Waals surface area contributed by atoms with Crippen molar-refractivity contribution in [3.63, 3.8) is 0 Å². The number of ether oxygens (including phenoxy) is 1. The molecule has 8 heteroatoms. The Morgan fingerprint density at radius 2 is 1.76 bits per heavy atom. The van der Waals surface area contributed by atoms with Crippen LogP contribution in [-0.4, -0.2) is 38.3 Å². The summed E-state index contributed by atoms with van der Waals surface area (Å²) in [5, 5.41) is 2.83. The highest BCUT2D eigenvalue weighted by molar-refractivity contribution is 9.10. The number of nitrogens with one attached hydrogen (secondary N) is 1. The molecule has 34 heavy (non-hydrogen) atoms. The molecule has 1 aliphatic rings. The van der Waals surface area contributed by atoms with Crippen LogP contribution >= 0.6 is 15.9 Å². The van der Waals surface area contributed by atoms with Gasteiger partial charge in [0.15, 0.2) is 0 Å². The number of anilines is 1. The zero-order valence-corrected chi connectivity index (χ0v) is 22.5. The number of amides is 1. The lowest BCUT2D eigenvalue weighted by molar-refractivity contribution is 0.102. The van der Waals surface area contributed by atoms with E-state index in [4.69, 9.17) is 4.74 Å². The molecule has 186 valence electrons. The maximum absolute atomic E-state index is 13.0. The Bertz CT molecular complexity index is 1050. The summed E-state index contributed by atoms with van der Waals surface area (Å²) >= 11 is 3.48. The zero-order chi connectivity index (χ0) is 24.6. The summed E-state index contributed by atoms with van der Waals surface area (Å²) in [6.07, 6.45) is 9.65. The lowest BCUT2D eigenvalue weighted by atomic mass is 9.96. The van der Waals surface area contributed by atoms with E-state index in [-0.39, 0.29) is 16.8 Å².